The Morgan fingerprint density at radius 3 is 2.67 bits per heavy atom. The molecule has 128 valence electrons. The van der Waals surface area contributed by atoms with E-state index < -0.39 is 0 Å². The van der Waals surface area contributed by atoms with Gasteiger partial charge in [0.05, 0.1) is 0 Å². The van der Waals surface area contributed by atoms with E-state index >= 15 is 0 Å². The van der Waals surface area contributed by atoms with Crippen molar-refractivity contribution < 1.29 is 4.79 Å². The zero-order chi connectivity index (χ0) is 17.5. The predicted molar refractivity (Wildman–Crippen MR) is 97.7 cm³/mol. The van der Waals surface area contributed by atoms with Crippen LogP contribution in [0.4, 0.5) is 11.6 Å². The van der Waals surface area contributed by atoms with Crippen molar-refractivity contribution in [3.8, 4) is 0 Å². The van der Waals surface area contributed by atoms with Crippen molar-refractivity contribution >= 4 is 17.5 Å². The first kappa shape index (κ1) is 17.9. The van der Waals surface area contributed by atoms with Crippen LogP contribution in [-0.4, -0.2) is 22.4 Å². The van der Waals surface area contributed by atoms with Crippen molar-refractivity contribution in [3.63, 3.8) is 0 Å². The molecule has 0 aliphatic carbocycles. The smallest absolute Gasteiger partial charge is 0.270 e. The minimum atomic E-state index is -0.159. The molecule has 5 heteroatoms. The summed E-state index contributed by atoms with van der Waals surface area (Å²) in [5.41, 5.74) is 3.31. The summed E-state index contributed by atoms with van der Waals surface area (Å²) >= 11 is 0. The first-order chi connectivity index (χ1) is 11.5. The van der Waals surface area contributed by atoms with Crippen LogP contribution >= 0.6 is 0 Å². The Labute approximate surface area is 143 Å². The number of hydrogen-bond acceptors (Lipinski definition) is 4. The molecule has 1 aromatic carbocycles. The predicted octanol–water partition coefficient (Wildman–Crippen LogP) is 3.87. The van der Waals surface area contributed by atoms with Crippen molar-refractivity contribution in [1.29, 1.82) is 0 Å². The number of carbonyl (C=O) groups excluding carboxylic acids is 1. The Kier molecular flexibility index (Phi) is 6.29. The molecule has 1 aromatic heterocycles. The number of aryl methyl sites for hydroxylation is 2. The fourth-order valence-corrected chi connectivity index (χ4v) is 2.38. The largest absolute Gasteiger partial charge is 0.351 e. The molecule has 0 unspecified atom stereocenters. The van der Waals surface area contributed by atoms with Gasteiger partial charge in [-0.1, -0.05) is 39.0 Å². The molecule has 0 saturated carbocycles. The summed E-state index contributed by atoms with van der Waals surface area (Å²) in [7, 11) is 0. The van der Waals surface area contributed by atoms with E-state index in [2.05, 4.69) is 47.4 Å². The van der Waals surface area contributed by atoms with Crippen LogP contribution in [0.5, 0.6) is 0 Å². The third-order valence-corrected chi connectivity index (χ3v) is 3.74. The van der Waals surface area contributed by atoms with E-state index in [1.54, 1.807) is 6.07 Å². The molecule has 5 nitrogen and oxygen atoms in total. The van der Waals surface area contributed by atoms with Crippen LogP contribution in [0.25, 0.3) is 0 Å². The zero-order valence-electron chi connectivity index (χ0n) is 14.9. The Hall–Kier alpha value is -2.43. The quantitative estimate of drug-likeness (QED) is 0.810. The lowest BCUT2D eigenvalue weighted by Crippen LogP contribution is -2.26. The van der Waals surface area contributed by atoms with Gasteiger partial charge in [-0.15, -0.1) is 0 Å². The molecular weight excluding hydrogens is 300 g/mol. The molecule has 1 amide bonds. The van der Waals surface area contributed by atoms with E-state index in [0.29, 0.717) is 24.1 Å². The number of aromatic nitrogens is 2. The van der Waals surface area contributed by atoms with Crippen LogP contribution in [0, 0.1) is 12.8 Å². The number of carbonyl (C=O) groups is 1. The second kappa shape index (κ2) is 8.43. The van der Waals surface area contributed by atoms with E-state index in [1.807, 2.05) is 25.1 Å². The lowest BCUT2D eigenvalue weighted by atomic mass is 10.1. The van der Waals surface area contributed by atoms with E-state index in [-0.39, 0.29) is 5.91 Å². The summed E-state index contributed by atoms with van der Waals surface area (Å²) in [5, 5.41) is 6.15. The summed E-state index contributed by atoms with van der Waals surface area (Å²) in [6, 6.07) is 9.75. The Bertz CT molecular complexity index is 698. The highest BCUT2D eigenvalue weighted by atomic mass is 16.1. The van der Waals surface area contributed by atoms with Gasteiger partial charge < -0.3 is 10.6 Å². The molecule has 2 rings (SSSR count). The molecular formula is C19H26N4O. The summed E-state index contributed by atoms with van der Waals surface area (Å²) in [6.07, 6.45) is 1.86. The molecule has 0 radical (unpaired) electrons. The number of amides is 1. The van der Waals surface area contributed by atoms with Gasteiger partial charge in [-0.2, -0.15) is 0 Å². The third-order valence-electron chi connectivity index (χ3n) is 3.74. The summed E-state index contributed by atoms with van der Waals surface area (Å²) in [5.74, 6) is 0.845. The fourth-order valence-electron chi connectivity index (χ4n) is 2.38. The number of nitrogens with zero attached hydrogens (tertiary/aromatic N) is 2. The van der Waals surface area contributed by atoms with E-state index in [4.69, 9.17) is 0 Å². The maximum Gasteiger partial charge on any atom is 0.270 e. The monoisotopic (exact) mass is 326 g/mol. The Morgan fingerprint density at radius 2 is 1.96 bits per heavy atom. The van der Waals surface area contributed by atoms with Gasteiger partial charge in [-0.3, -0.25) is 4.79 Å². The van der Waals surface area contributed by atoms with E-state index in [1.165, 1.54) is 5.56 Å². The van der Waals surface area contributed by atoms with E-state index in [0.717, 1.165) is 24.2 Å². The lowest BCUT2D eigenvalue weighted by molar-refractivity contribution is 0.0947. The number of rotatable bonds is 7. The van der Waals surface area contributed by atoms with Crippen LogP contribution in [0.1, 0.15) is 48.9 Å². The number of para-hydroxylation sites is 1. The van der Waals surface area contributed by atoms with Gasteiger partial charge in [-0.05, 0) is 43.4 Å². The number of nitrogens with one attached hydrogen (secondary N) is 2. The maximum atomic E-state index is 12.3. The first-order valence-electron chi connectivity index (χ1n) is 8.48. The first-order valence-corrected chi connectivity index (χ1v) is 8.48. The van der Waals surface area contributed by atoms with Crippen molar-refractivity contribution in [3.05, 3.63) is 47.3 Å². The molecule has 0 aliphatic rings. The van der Waals surface area contributed by atoms with Gasteiger partial charge in [0.25, 0.3) is 5.91 Å². The topological polar surface area (TPSA) is 66.9 Å². The normalized spacial score (nSPS) is 10.7. The summed E-state index contributed by atoms with van der Waals surface area (Å²) < 4.78 is 0. The van der Waals surface area contributed by atoms with Crippen LogP contribution in [0.15, 0.2) is 30.3 Å². The summed E-state index contributed by atoms with van der Waals surface area (Å²) in [4.78, 5) is 21.0. The van der Waals surface area contributed by atoms with Crippen molar-refractivity contribution in [2.75, 3.05) is 11.9 Å². The van der Waals surface area contributed by atoms with Gasteiger partial charge in [0.1, 0.15) is 5.69 Å². The minimum absolute atomic E-state index is 0.159. The lowest BCUT2D eigenvalue weighted by Gasteiger charge is -2.11. The molecule has 0 bridgehead atoms. The number of benzene rings is 1. The Balaban J connectivity index is 2.14. The van der Waals surface area contributed by atoms with Crippen molar-refractivity contribution in [2.24, 2.45) is 5.92 Å². The highest BCUT2D eigenvalue weighted by Crippen LogP contribution is 2.19. The highest BCUT2D eigenvalue weighted by molar-refractivity contribution is 5.92. The minimum Gasteiger partial charge on any atom is -0.351 e. The maximum absolute atomic E-state index is 12.3. The summed E-state index contributed by atoms with van der Waals surface area (Å²) in [6.45, 7) is 8.89. The fraction of sp³-hybridized carbons (Fsp3) is 0.421. The van der Waals surface area contributed by atoms with Crippen molar-refractivity contribution in [1.82, 2.24) is 15.3 Å². The second-order valence-corrected chi connectivity index (χ2v) is 6.29. The Morgan fingerprint density at radius 1 is 1.21 bits per heavy atom. The molecule has 0 atom stereocenters. The van der Waals surface area contributed by atoms with Gasteiger partial charge in [0, 0.05) is 17.9 Å². The molecule has 24 heavy (non-hydrogen) atoms. The standard InChI is InChI=1S/C19H26N4O/c1-5-15-8-6-7-9-16(15)22-19-21-14(4)12-17(23-19)18(24)20-11-10-13(2)3/h6-9,12-13H,5,10-11H2,1-4H3,(H,20,24)(H,21,22,23). The van der Waals surface area contributed by atoms with Crippen LogP contribution in [-0.2, 0) is 6.42 Å². The van der Waals surface area contributed by atoms with Gasteiger partial charge >= 0.3 is 0 Å². The molecule has 0 saturated heterocycles. The van der Waals surface area contributed by atoms with Crippen LogP contribution in [0.3, 0.4) is 0 Å². The van der Waals surface area contributed by atoms with Gasteiger partial charge in [-0.25, -0.2) is 9.97 Å². The molecule has 2 aromatic rings. The molecule has 2 N–H and O–H groups in total. The number of hydrogen-bond donors (Lipinski definition) is 2. The molecule has 0 fully saturated rings. The molecule has 1 heterocycles. The van der Waals surface area contributed by atoms with Crippen molar-refractivity contribution in [2.45, 2.75) is 40.5 Å². The van der Waals surface area contributed by atoms with E-state index in [9.17, 15) is 4.79 Å². The van der Waals surface area contributed by atoms with Crippen LogP contribution in [0.2, 0.25) is 0 Å². The van der Waals surface area contributed by atoms with Gasteiger partial charge in [0.15, 0.2) is 0 Å². The van der Waals surface area contributed by atoms with Crippen LogP contribution < -0.4 is 10.6 Å². The molecule has 0 spiro atoms. The second-order valence-electron chi connectivity index (χ2n) is 6.29. The molecule has 0 aliphatic heterocycles. The van der Waals surface area contributed by atoms with Gasteiger partial charge in [0.2, 0.25) is 5.95 Å². The SMILES string of the molecule is CCc1ccccc1Nc1nc(C)cc(C(=O)NCCC(C)C)n1. The average Bonchev–Trinajstić information content (AvgIpc) is 2.54. The third kappa shape index (κ3) is 5.05. The highest BCUT2D eigenvalue weighted by Gasteiger charge is 2.11. The average molecular weight is 326 g/mol. The number of anilines is 2. The zero-order valence-corrected chi connectivity index (χ0v) is 14.9.